The highest BCUT2D eigenvalue weighted by Crippen LogP contribution is 2.23. The molecule has 2 saturated heterocycles. The molecule has 0 amide bonds. The normalized spacial score (nSPS) is 19.2. The molecule has 33 heavy (non-hydrogen) atoms. The van der Waals surface area contributed by atoms with Crippen molar-refractivity contribution in [3.63, 3.8) is 0 Å². The van der Waals surface area contributed by atoms with Crippen molar-refractivity contribution in [2.45, 2.75) is 19.1 Å². The van der Waals surface area contributed by atoms with E-state index in [0.717, 1.165) is 52.8 Å². The molecule has 0 N–H and O–H groups in total. The molecule has 5 rings (SSSR count). The van der Waals surface area contributed by atoms with Gasteiger partial charge in [-0.25, -0.2) is 0 Å². The van der Waals surface area contributed by atoms with E-state index in [1.54, 1.807) is 0 Å². The first-order chi connectivity index (χ1) is 16.2. The molecule has 3 aromatic rings. The minimum Gasteiger partial charge on any atom is -0.491 e. The summed E-state index contributed by atoms with van der Waals surface area (Å²) in [7, 11) is 0. The summed E-state index contributed by atoms with van der Waals surface area (Å²) in [5.41, 5.74) is 4.75. The van der Waals surface area contributed by atoms with Gasteiger partial charge in [-0.3, -0.25) is 9.98 Å². The van der Waals surface area contributed by atoms with E-state index in [-0.39, 0.29) is 12.2 Å². The smallest absolute Gasteiger partial charge is 0.122 e. The van der Waals surface area contributed by atoms with Crippen molar-refractivity contribution in [1.82, 2.24) is 0 Å². The van der Waals surface area contributed by atoms with Gasteiger partial charge in [0, 0.05) is 12.4 Å². The van der Waals surface area contributed by atoms with E-state index in [9.17, 15) is 0 Å². The molecule has 2 atom stereocenters. The maximum Gasteiger partial charge on any atom is 0.122 e. The van der Waals surface area contributed by atoms with Gasteiger partial charge in [-0.15, -0.1) is 0 Å². The molecular weight excluding hydrogens is 416 g/mol. The molecule has 3 aromatic carbocycles. The third kappa shape index (κ3) is 6.51. The van der Waals surface area contributed by atoms with Gasteiger partial charge in [0.05, 0.1) is 24.6 Å². The van der Waals surface area contributed by atoms with E-state index in [2.05, 4.69) is 16.1 Å². The van der Waals surface area contributed by atoms with Crippen LogP contribution < -0.4 is 9.47 Å². The number of aryl methyl sites for hydroxylation is 1. The summed E-state index contributed by atoms with van der Waals surface area (Å²) in [6.07, 6.45) is 4.18. The zero-order chi connectivity index (χ0) is 22.5. The van der Waals surface area contributed by atoms with Gasteiger partial charge in [-0.2, -0.15) is 0 Å². The zero-order valence-electron chi connectivity index (χ0n) is 18.5. The molecule has 6 nitrogen and oxygen atoms in total. The fraction of sp³-hybridized carbons (Fsp3) is 0.259. The first kappa shape index (κ1) is 21.4. The Labute approximate surface area is 193 Å². The van der Waals surface area contributed by atoms with E-state index in [1.165, 1.54) is 0 Å². The van der Waals surface area contributed by atoms with Gasteiger partial charge in [0.1, 0.15) is 36.9 Å². The molecule has 0 radical (unpaired) electrons. The number of hydrogen-bond acceptors (Lipinski definition) is 6. The van der Waals surface area contributed by atoms with Crippen molar-refractivity contribution in [3.8, 4) is 11.5 Å². The summed E-state index contributed by atoms with van der Waals surface area (Å²) < 4.78 is 21.9. The standard InChI is InChI=1S/C27H26N2O4/c1-19-10-21(8-9-27(19)33-18-26-17-32-26)14-29-23-6-3-5-22(12-23)28-13-20-4-2-7-24(11-20)30-15-25-16-31-25/h2-14,25-26H,15-18H2,1H3. The molecule has 2 fully saturated rings. The van der Waals surface area contributed by atoms with E-state index in [4.69, 9.17) is 18.9 Å². The summed E-state index contributed by atoms with van der Waals surface area (Å²) >= 11 is 0. The lowest BCUT2D eigenvalue weighted by Crippen LogP contribution is -2.05. The number of ether oxygens (including phenoxy) is 4. The maximum atomic E-state index is 5.79. The second-order valence-corrected chi connectivity index (χ2v) is 8.17. The molecule has 6 heteroatoms. The van der Waals surface area contributed by atoms with Crippen LogP contribution in [0.15, 0.2) is 76.7 Å². The van der Waals surface area contributed by atoms with Crippen LogP contribution in [0.25, 0.3) is 0 Å². The Morgan fingerprint density at radius 2 is 1.42 bits per heavy atom. The molecule has 2 unspecified atom stereocenters. The monoisotopic (exact) mass is 442 g/mol. The van der Waals surface area contributed by atoms with E-state index in [0.29, 0.717) is 13.2 Å². The van der Waals surface area contributed by atoms with Gasteiger partial charge in [0.25, 0.3) is 0 Å². The van der Waals surface area contributed by atoms with Crippen LogP contribution in [-0.2, 0) is 9.47 Å². The Bertz CT molecular complexity index is 1170. The molecular formula is C27H26N2O4. The van der Waals surface area contributed by atoms with Crippen LogP contribution >= 0.6 is 0 Å². The molecule has 2 heterocycles. The lowest BCUT2D eigenvalue weighted by Gasteiger charge is -2.08. The highest BCUT2D eigenvalue weighted by molar-refractivity contribution is 5.84. The van der Waals surface area contributed by atoms with Gasteiger partial charge in [0.2, 0.25) is 0 Å². The summed E-state index contributed by atoms with van der Waals surface area (Å²) in [6.45, 7) is 4.81. The number of rotatable bonds is 10. The first-order valence-corrected chi connectivity index (χ1v) is 11.1. The minimum absolute atomic E-state index is 0.239. The van der Waals surface area contributed by atoms with Crippen LogP contribution in [0.2, 0.25) is 0 Å². The highest BCUT2D eigenvalue weighted by Gasteiger charge is 2.23. The summed E-state index contributed by atoms with van der Waals surface area (Å²) in [5, 5.41) is 0. The number of epoxide rings is 2. The van der Waals surface area contributed by atoms with E-state index in [1.807, 2.05) is 80.0 Å². The lowest BCUT2D eigenvalue weighted by atomic mass is 10.1. The number of hydrogen-bond donors (Lipinski definition) is 0. The fourth-order valence-electron chi connectivity index (χ4n) is 3.25. The average Bonchev–Trinajstić information content (AvgIpc) is 3.75. The fourth-order valence-corrected chi connectivity index (χ4v) is 3.25. The molecule has 0 spiro atoms. The molecule has 0 aromatic heterocycles. The third-order valence-electron chi connectivity index (χ3n) is 5.28. The maximum absolute atomic E-state index is 5.79. The van der Waals surface area contributed by atoms with Crippen LogP contribution in [0.5, 0.6) is 11.5 Å². The van der Waals surface area contributed by atoms with Crippen molar-refractivity contribution in [2.24, 2.45) is 9.98 Å². The van der Waals surface area contributed by atoms with Crippen molar-refractivity contribution < 1.29 is 18.9 Å². The number of aliphatic imine (C=N–C) groups is 2. The minimum atomic E-state index is 0.239. The third-order valence-corrected chi connectivity index (χ3v) is 5.28. The quantitative estimate of drug-likeness (QED) is 0.325. The van der Waals surface area contributed by atoms with E-state index >= 15 is 0 Å². The van der Waals surface area contributed by atoms with Crippen molar-refractivity contribution >= 4 is 23.8 Å². The van der Waals surface area contributed by atoms with Gasteiger partial charge in [0.15, 0.2) is 0 Å². The van der Waals surface area contributed by atoms with Crippen LogP contribution in [0.3, 0.4) is 0 Å². The largest absolute Gasteiger partial charge is 0.491 e. The van der Waals surface area contributed by atoms with Crippen molar-refractivity contribution in [3.05, 3.63) is 83.4 Å². The Morgan fingerprint density at radius 1 is 0.788 bits per heavy atom. The summed E-state index contributed by atoms with van der Waals surface area (Å²) in [5.74, 6) is 1.70. The van der Waals surface area contributed by atoms with Crippen LogP contribution in [0.1, 0.15) is 16.7 Å². The Kier molecular flexibility index (Phi) is 6.46. The first-order valence-electron chi connectivity index (χ1n) is 11.1. The molecule has 0 aliphatic carbocycles. The number of nitrogens with zero attached hydrogens (tertiary/aromatic N) is 2. The molecule has 2 aliphatic heterocycles. The van der Waals surface area contributed by atoms with Crippen LogP contribution in [0.4, 0.5) is 11.4 Å². The zero-order valence-corrected chi connectivity index (χ0v) is 18.5. The Balaban J connectivity index is 1.21. The summed E-state index contributed by atoms with van der Waals surface area (Å²) in [6, 6.07) is 21.8. The van der Waals surface area contributed by atoms with Gasteiger partial charge < -0.3 is 18.9 Å². The van der Waals surface area contributed by atoms with Gasteiger partial charge in [-0.05, 0) is 72.1 Å². The molecule has 0 saturated carbocycles. The average molecular weight is 443 g/mol. The van der Waals surface area contributed by atoms with Gasteiger partial charge in [-0.1, -0.05) is 18.2 Å². The second-order valence-electron chi connectivity index (χ2n) is 8.17. The Hall–Kier alpha value is -3.48. The molecule has 0 bridgehead atoms. The molecule has 2 aliphatic rings. The predicted molar refractivity (Wildman–Crippen MR) is 129 cm³/mol. The van der Waals surface area contributed by atoms with Crippen molar-refractivity contribution in [2.75, 3.05) is 26.4 Å². The number of benzene rings is 3. The SMILES string of the molecule is Cc1cc(C=Nc2cccc(N=Cc3cccc(OCC4CO4)c3)c2)ccc1OCC1CO1. The Morgan fingerprint density at radius 3 is 2.09 bits per heavy atom. The highest BCUT2D eigenvalue weighted by atomic mass is 16.6. The van der Waals surface area contributed by atoms with Crippen LogP contribution in [-0.4, -0.2) is 51.1 Å². The summed E-state index contributed by atoms with van der Waals surface area (Å²) in [4.78, 5) is 9.22. The predicted octanol–water partition coefficient (Wildman–Crippen LogP) is 5.05. The van der Waals surface area contributed by atoms with Crippen LogP contribution in [0, 0.1) is 6.92 Å². The second kappa shape index (κ2) is 9.98. The molecule has 168 valence electrons. The van der Waals surface area contributed by atoms with E-state index < -0.39 is 0 Å². The van der Waals surface area contributed by atoms with Crippen molar-refractivity contribution in [1.29, 1.82) is 0 Å². The van der Waals surface area contributed by atoms with Gasteiger partial charge >= 0.3 is 0 Å². The topological polar surface area (TPSA) is 68.2 Å². The lowest BCUT2D eigenvalue weighted by molar-refractivity contribution is 0.262.